The number of nitrogens with one attached hydrogen (secondary N) is 2. The van der Waals surface area contributed by atoms with Gasteiger partial charge in [-0.15, -0.1) is 0 Å². The fraction of sp³-hybridized carbons (Fsp3) is 0.360. The van der Waals surface area contributed by atoms with Gasteiger partial charge in [0, 0.05) is 12.1 Å². The van der Waals surface area contributed by atoms with Crippen molar-refractivity contribution in [3.05, 3.63) is 77.0 Å². The van der Waals surface area contributed by atoms with Crippen molar-refractivity contribution in [1.29, 1.82) is 0 Å². The summed E-state index contributed by atoms with van der Waals surface area (Å²) in [6.45, 7) is 4.83. The van der Waals surface area contributed by atoms with E-state index in [1.54, 1.807) is 7.11 Å². The van der Waals surface area contributed by atoms with Crippen LogP contribution in [0.5, 0.6) is 5.75 Å². The number of ether oxygens (including phenoxy) is 1. The van der Waals surface area contributed by atoms with Gasteiger partial charge in [-0.25, -0.2) is 4.68 Å². The lowest BCUT2D eigenvalue weighted by atomic mass is 9.96. The van der Waals surface area contributed by atoms with Gasteiger partial charge < -0.3 is 15.4 Å². The smallest absolute Gasteiger partial charge is 0.224 e. The molecule has 1 aliphatic heterocycles. The number of rotatable bonds is 7. The van der Waals surface area contributed by atoms with Gasteiger partial charge in [-0.1, -0.05) is 43.3 Å². The second kappa shape index (κ2) is 9.25. The first kappa shape index (κ1) is 21.0. The van der Waals surface area contributed by atoms with Crippen LogP contribution >= 0.6 is 0 Å². The number of nitrogens with zero attached hydrogens (tertiary/aromatic N) is 2. The minimum Gasteiger partial charge on any atom is -0.497 e. The summed E-state index contributed by atoms with van der Waals surface area (Å²) in [6.07, 6.45) is 4.11. The Bertz CT molecular complexity index is 1020. The van der Waals surface area contributed by atoms with E-state index in [0.29, 0.717) is 13.0 Å². The first-order chi connectivity index (χ1) is 15.1. The van der Waals surface area contributed by atoms with Crippen LogP contribution in [-0.2, 0) is 24.2 Å². The lowest BCUT2D eigenvalue weighted by Crippen LogP contribution is -2.28. The molecule has 2 N–H and O–H groups in total. The molecule has 4 rings (SSSR count). The van der Waals surface area contributed by atoms with Gasteiger partial charge in [0.2, 0.25) is 5.91 Å². The molecule has 0 saturated carbocycles. The number of methoxy groups -OCH3 is 1. The van der Waals surface area contributed by atoms with Crippen LogP contribution < -0.4 is 15.4 Å². The molecule has 3 aromatic rings. The van der Waals surface area contributed by atoms with Crippen molar-refractivity contribution < 1.29 is 9.53 Å². The number of carbonyl (C=O) groups is 1. The first-order valence-electron chi connectivity index (χ1n) is 10.9. The topological polar surface area (TPSA) is 68.2 Å². The number of fused-ring (bicyclic) bond motifs is 1. The van der Waals surface area contributed by atoms with E-state index in [1.807, 2.05) is 35.1 Å². The Hall–Kier alpha value is -3.28. The van der Waals surface area contributed by atoms with E-state index in [2.05, 4.69) is 53.8 Å². The molecule has 0 spiro atoms. The summed E-state index contributed by atoms with van der Waals surface area (Å²) < 4.78 is 7.18. The van der Waals surface area contributed by atoms with Crippen LogP contribution in [0.15, 0.2) is 54.7 Å². The number of aryl methyl sites for hydroxylation is 1. The van der Waals surface area contributed by atoms with Crippen LogP contribution in [0.25, 0.3) is 0 Å². The molecule has 2 heterocycles. The summed E-state index contributed by atoms with van der Waals surface area (Å²) in [5.74, 6) is 1.74. The molecular formula is C25H30N4O2. The molecule has 6 nitrogen and oxygen atoms in total. The molecule has 0 saturated heterocycles. The predicted octanol–water partition coefficient (Wildman–Crippen LogP) is 4.43. The zero-order chi connectivity index (χ0) is 21.8. The highest BCUT2D eigenvalue weighted by molar-refractivity contribution is 5.80. The largest absolute Gasteiger partial charge is 0.497 e. The van der Waals surface area contributed by atoms with Crippen molar-refractivity contribution in [2.45, 2.75) is 51.7 Å². The average molecular weight is 419 g/mol. The van der Waals surface area contributed by atoms with E-state index in [9.17, 15) is 4.79 Å². The van der Waals surface area contributed by atoms with E-state index in [1.165, 1.54) is 11.1 Å². The molecule has 1 aliphatic rings. The van der Waals surface area contributed by atoms with Crippen LogP contribution in [0, 0.1) is 0 Å². The van der Waals surface area contributed by atoms with Crippen molar-refractivity contribution >= 4 is 11.7 Å². The van der Waals surface area contributed by atoms with Crippen LogP contribution in [0.4, 0.5) is 5.82 Å². The number of benzene rings is 2. The highest BCUT2D eigenvalue weighted by Crippen LogP contribution is 2.36. The van der Waals surface area contributed by atoms with Crippen LogP contribution in [0.2, 0.25) is 0 Å². The third kappa shape index (κ3) is 4.74. The molecule has 2 atom stereocenters. The molecule has 0 bridgehead atoms. The predicted molar refractivity (Wildman–Crippen MR) is 122 cm³/mol. The third-order valence-corrected chi connectivity index (χ3v) is 5.97. The summed E-state index contributed by atoms with van der Waals surface area (Å²) in [7, 11) is 1.64. The number of carbonyl (C=O) groups excluding carboxylic acids is 1. The average Bonchev–Trinajstić information content (AvgIpc) is 3.21. The van der Waals surface area contributed by atoms with Crippen molar-refractivity contribution in [2.75, 3.05) is 12.4 Å². The lowest BCUT2D eigenvalue weighted by Gasteiger charge is -2.31. The van der Waals surface area contributed by atoms with Crippen molar-refractivity contribution in [3.63, 3.8) is 0 Å². The zero-order valence-corrected chi connectivity index (χ0v) is 18.4. The van der Waals surface area contributed by atoms with Gasteiger partial charge in [-0.05, 0) is 48.6 Å². The Morgan fingerprint density at radius 1 is 1.16 bits per heavy atom. The fourth-order valence-electron chi connectivity index (χ4n) is 4.07. The Morgan fingerprint density at radius 3 is 2.55 bits per heavy atom. The number of hydrogen-bond donors (Lipinski definition) is 2. The van der Waals surface area contributed by atoms with E-state index in [0.717, 1.165) is 35.5 Å². The van der Waals surface area contributed by atoms with Gasteiger partial charge in [0.05, 0.1) is 31.8 Å². The summed E-state index contributed by atoms with van der Waals surface area (Å²) >= 11 is 0. The monoisotopic (exact) mass is 418 g/mol. The Morgan fingerprint density at radius 2 is 1.87 bits per heavy atom. The number of hydrogen-bond acceptors (Lipinski definition) is 4. The van der Waals surface area contributed by atoms with Crippen molar-refractivity contribution in [3.8, 4) is 5.75 Å². The molecular weight excluding hydrogens is 388 g/mol. The highest BCUT2D eigenvalue weighted by Gasteiger charge is 2.28. The summed E-state index contributed by atoms with van der Waals surface area (Å²) in [6, 6.07) is 17.0. The zero-order valence-electron chi connectivity index (χ0n) is 18.4. The first-order valence-corrected chi connectivity index (χ1v) is 10.9. The van der Waals surface area contributed by atoms with Crippen LogP contribution in [0.1, 0.15) is 54.6 Å². The number of aromatic nitrogens is 2. The van der Waals surface area contributed by atoms with Gasteiger partial charge in [0.1, 0.15) is 11.6 Å². The molecule has 1 aromatic heterocycles. The normalized spacial score (nSPS) is 17.5. The Kier molecular flexibility index (Phi) is 6.26. The van der Waals surface area contributed by atoms with Crippen LogP contribution in [-0.4, -0.2) is 22.8 Å². The molecule has 1 amide bonds. The molecule has 162 valence electrons. The molecule has 6 heteroatoms. The molecule has 0 fully saturated rings. The second-order valence-corrected chi connectivity index (χ2v) is 8.14. The summed E-state index contributed by atoms with van der Waals surface area (Å²) in [5.41, 5.74) is 4.57. The summed E-state index contributed by atoms with van der Waals surface area (Å²) in [5, 5.41) is 11.2. The minimum absolute atomic E-state index is 0.0181. The van der Waals surface area contributed by atoms with Gasteiger partial charge in [-0.3, -0.25) is 4.79 Å². The van der Waals surface area contributed by atoms with Crippen molar-refractivity contribution in [1.82, 2.24) is 15.1 Å². The Balaban J connectivity index is 1.42. The van der Waals surface area contributed by atoms with E-state index in [4.69, 9.17) is 4.74 Å². The van der Waals surface area contributed by atoms with Gasteiger partial charge in [0.15, 0.2) is 0 Å². The molecule has 31 heavy (non-hydrogen) atoms. The quantitative estimate of drug-likeness (QED) is 0.596. The second-order valence-electron chi connectivity index (χ2n) is 8.14. The molecule has 0 unspecified atom stereocenters. The Labute approximate surface area is 183 Å². The van der Waals surface area contributed by atoms with E-state index < -0.39 is 0 Å². The molecule has 0 aliphatic carbocycles. The maximum absolute atomic E-state index is 12.6. The lowest BCUT2D eigenvalue weighted by molar-refractivity contribution is -0.120. The van der Waals surface area contributed by atoms with Gasteiger partial charge in [-0.2, -0.15) is 5.10 Å². The molecule has 0 radical (unpaired) electrons. The highest BCUT2D eigenvalue weighted by atomic mass is 16.5. The van der Waals surface area contributed by atoms with E-state index in [-0.39, 0.29) is 18.0 Å². The van der Waals surface area contributed by atoms with Crippen LogP contribution in [0.3, 0.4) is 0 Å². The third-order valence-electron chi connectivity index (χ3n) is 5.97. The fourth-order valence-corrected chi connectivity index (χ4v) is 4.07. The standard InChI is InChI=1S/C25H30N4O2/c1-4-18-5-9-20(10-6-18)23-13-17(2)29-25(28-23)21(16-27-29)14-24(30)26-15-19-7-11-22(31-3)12-8-19/h5-12,16-17,23,28H,4,13-15H2,1-3H3,(H,26,30)/t17-,23-/m1/s1. The summed E-state index contributed by atoms with van der Waals surface area (Å²) in [4.78, 5) is 12.6. The van der Waals surface area contributed by atoms with Crippen molar-refractivity contribution in [2.24, 2.45) is 0 Å². The maximum atomic E-state index is 12.6. The number of anilines is 1. The maximum Gasteiger partial charge on any atom is 0.224 e. The SMILES string of the molecule is CCc1ccc([C@H]2C[C@@H](C)n3ncc(CC(=O)NCc4ccc(OC)cc4)c3N2)cc1. The molecule has 2 aromatic carbocycles. The van der Waals surface area contributed by atoms with E-state index >= 15 is 0 Å². The van der Waals surface area contributed by atoms with Gasteiger partial charge >= 0.3 is 0 Å². The minimum atomic E-state index is -0.0181. The van der Waals surface area contributed by atoms with Gasteiger partial charge in [0.25, 0.3) is 0 Å². The number of amides is 1.